The molecule has 17 heavy (non-hydrogen) atoms. The second-order valence-corrected chi connectivity index (χ2v) is 4.72. The maximum Gasteiger partial charge on any atom is 0.122 e. The molecular weight excluding hydrogens is 230 g/mol. The van der Waals surface area contributed by atoms with Crippen LogP contribution in [0.2, 0.25) is 0 Å². The molecule has 1 aromatic carbocycles. The summed E-state index contributed by atoms with van der Waals surface area (Å²) < 4.78 is 5.33. The minimum absolute atomic E-state index is 0.916. The van der Waals surface area contributed by atoms with Gasteiger partial charge < -0.3 is 9.64 Å². The van der Waals surface area contributed by atoms with Gasteiger partial charge in [-0.1, -0.05) is 19.1 Å². The number of benzene rings is 1. The minimum Gasteiger partial charge on any atom is -0.496 e. The molecule has 0 heterocycles. The van der Waals surface area contributed by atoms with Crippen molar-refractivity contribution in [3.05, 3.63) is 29.3 Å². The number of nitrogens with zero attached hydrogens (tertiary/aromatic N) is 1. The first-order valence-electron chi connectivity index (χ1n) is 6.16. The number of hydrogen-bond acceptors (Lipinski definition) is 3. The van der Waals surface area contributed by atoms with Crippen molar-refractivity contribution < 1.29 is 4.74 Å². The van der Waals surface area contributed by atoms with Crippen LogP contribution in [0.5, 0.6) is 5.75 Å². The van der Waals surface area contributed by atoms with Gasteiger partial charge in [0.2, 0.25) is 0 Å². The first kappa shape index (κ1) is 14.4. The fourth-order valence-corrected chi connectivity index (χ4v) is 2.21. The smallest absolute Gasteiger partial charge is 0.122 e. The molecule has 0 atom stereocenters. The molecule has 1 aromatic rings. The molecule has 0 fully saturated rings. The lowest BCUT2D eigenvalue weighted by atomic mass is 10.1. The van der Waals surface area contributed by atoms with E-state index in [0.717, 1.165) is 37.4 Å². The van der Waals surface area contributed by atoms with Gasteiger partial charge in [-0.25, -0.2) is 0 Å². The van der Waals surface area contributed by atoms with Crippen molar-refractivity contribution in [2.45, 2.75) is 19.8 Å². The molecule has 0 spiro atoms. The first-order chi connectivity index (χ1) is 8.21. The Morgan fingerprint density at radius 1 is 1.29 bits per heavy atom. The molecule has 0 unspecified atom stereocenters. The molecule has 0 bridgehead atoms. The lowest BCUT2D eigenvalue weighted by Crippen LogP contribution is -2.23. The zero-order valence-electron chi connectivity index (χ0n) is 11.1. The molecule has 2 nitrogen and oxygen atoms in total. The number of methoxy groups -OCH3 is 1. The van der Waals surface area contributed by atoms with Gasteiger partial charge in [0.25, 0.3) is 0 Å². The lowest BCUT2D eigenvalue weighted by Gasteiger charge is -2.15. The van der Waals surface area contributed by atoms with Gasteiger partial charge in [-0.3, -0.25) is 0 Å². The van der Waals surface area contributed by atoms with Crippen LogP contribution in [0.1, 0.15) is 18.1 Å². The Labute approximate surface area is 110 Å². The second-order valence-electron chi connectivity index (χ2n) is 4.28. The van der Waals surface area contributed by atoms with Crippen molar-refractivity contribution >= 4 is 12.6 Å². The molecule has 0 aliphatic carbocycles. The fourth-order valence-electron chi connectivity index (χ4n) is 1.87. The van der Waals surface area contributed by atoms with E-state index in [-0.39, 0.29) is 0 Å². The fraction of sp³-hybridized carbons (Fsp3) is 0.571. The van der Waals surface area contributed by atoms with Crippen molar-refractivity contribution in [1.29, 1.82) is 0 Å². The van der Waals surface area contributed by atoms with Crippen LogP contribution < -0.4 is 4.74 Å². The van der Waals surface area contributed by atoms with Gasteiger partial charge in [-0.2, -0.15) is 12.6 Å². The van der Waals surface area contributed by atoms with Gasteiger partial charge in [-0.15, -0.1) is 0 Å². The quantitative estimate of drug-likeness (QED) is 0.750. The summed E-state index contributed by atoms with van der Waals surface area (Å²) in [6.07, 6.45) is 2.10. The molecule has 96 valence electrons. The van der Waals surface area contributed by atoms with Crippen LogP contribution in [-0.2, 0) is 12.8 Å². The zero-order chi connectivity index (χ0) is 12.7. The Hall–Kier alpha value is -0.670. The third-order valence-corrected chi connectivity index (χ3v) is 3.19. The molecule has 0 saturated carbocycles. The molecule has 0 N–H and O–H groups in total. The van der Waals surface area contributed by atoms with Gasteiger partial charge in [0, 0.05) is 18.8 Å². The molecule has 3 heteroatoms. The van der Waals surface area contributed by atoms with Crippen LogP contribution in [-0.4, -0.2) is 37.9 Å². The molecule has 0 aliphatic rings. The monoisotopic (exact) mass is 253 g/mol. The molecule has 0 aliphatic heterocycles. The highest BCUT2D eigenvalue weighted by Gasteiger charge is 2.03. The molecular formula is C14H23NOS. The van der Waals surface area contributed by atoms with Gasteiger partial charge in [0.15, 0.2) is 0 Å². The van der Waals surface area contributed by atoms with Crippen molar-refractivity contribution in [2.75, 3.05) is 33.0 Å². The Kier molecular flexibility index (Phi) is 6.45. The van der Waals surface area contributed by atoms with E-state index in [2.05, 4.69) is 49.7 Å². The van der Waals surface area contributed by atoms with E-state index < -0.39 is 0 Å². The van der Waals surface area contributed by atoms with E-state index in [4.69, 9.17) is 4.74 Å². The molecule has 1 rings (SSSR count). The van der Waals surface area contributed by atoms with Crippen molar-refractivity contribution in [3.8, 4) is 5.75 Å². The van der Waals surface area contributed by atoms with Crippen molar-refractivity contribution in [2.24, 2.45) is 0 Å². The third-order valence-electron chi connectivity index (χ3n) is 2.99. The Bertz CT molecular complexity index is 341. The zero-order valence-corrected chi connectivity index (χ0v) is 12.0. The summed E-state index contributed by atoms with van der Waals surface area (Å²) in [5, 5.41) is 0. The highest BCUT2D eigenvalue weighted by molar-refractivity contribution is 7.80. The van der Waals surface area contributed by atoms with E-state index in [0.29, 0.717) is 0 Å². The van der Waals surface area contributed by atoms with Crippen LogP contribution in [0.3, 0.4) is 0 Å². The second kappa shape index (κ2) is 7.62. The molecule has 0 amide bonds. The summed E-state index contributed by atoms with van der Waals surface area (Å²) >= 11 is 4.24. The van der Waals surface area contributed by atoms with E-state index >= 15 is 0 Å². The highest BCUT2D eigenvalue weighted by atomic mass is 32.1. The Morgan fingerprint density at radius 2 is 2.06 bits per heavy atom. The average molecular weight is 253 g/mol. The normalized spacial score (nSPS) is 10.9. The maximum absolute atomic E-state index is 5.33. The summed E-state index contributed by atoms with van der Waals surface area (Å²) in [5.74, 6) is 1.92. The predicted molar refractivity (Wildman–Crippen MR) is 77.4 cm³/mol. The Balaban J connectivity index is 2.60. The van der Waals surface area contributed by atoms with Crippen molar-refractivity contribution in [3.63, 3.8) is 0 Å². The molecule has 0 aromatic heterocycles. The van der Waals surface area contributed by atoms with E-state index in [9.17, 15) is 0 Å². The number of thiol groups is 1. The minimum atomic E-state index is 0.916. The summed E-state index contributed by atoms with van der Waals surface area (Å²) in [7, 11) is 3.87. The van der Waals surface area contributed by atoms with Crippen LogP contribution in [0, 0.1) is 0 Å². The maximum atomic E-state index is 5.33. The Morgan fingerprint density at radius 3 is 2.65 bits per heavy atom. The first-order valence-corrected chi connectivity index (χ1v) is 6.79. The predicted octanol–water partition coefficient (Wildman–Crippen LogP) is 2.66. The van der Waals surface area contributed by atoms with Crippen LogP contribution >= 0.6 is 12.6 Å². The topological polar surface area (TPSA) is 12.5 Å². The van der Waals surface area contributed by atoms with E-state index in [1.54, 1.807) is 7.11 Å². The average Bonchev–Trinajstić information content (AvgIpc) is 2.36. The van der Waals surface area contributed by atoms with Crippen LogP contribution in [0.4, 0.5) is 0 Å². The highest BCUT2D eigenvalue weighted by Crippen LogP contribution is 2.20. The number of aryl methyl sites for hydroxylation is 1. The standard InChI is InChI=1S/C14H23NOS/c1-4-13-11-12(5-6-14(13)16-3)7-8-15(2)9-10-17/h5-6,11,17H,4,7-10H2,1-3H3. The lowest BCUT2D eigenvalue weighted by molar-refractivity contribution is 0.360. The van der Waals surface area contributed by atoms with Gasteiger partial charge in [0.05, 0.1) is 7.11 Å². The SMILES string of the molecule is CCc1cc(CCN(C)CCS)ccc1OC. The largest absolute Gasteiger partial charge is 0.496 e. The summed E-state index contributed by atoms with van der Waals surface area (Å²) in [4.78, 5) is 2.31. The summed E-state index contributed by atoms with van der Waals surface area (Å²) in [6, 6.07) is 6.49. The summed E-state index contributed by atoms with van der Waals surface area (Å²) in [6.45, 7) is 4.28. The van der Waals surface area contributed by atoms with Crippen molar-refractivity contribution in [1.82, 2.24) is 4.90 Å². The number of ether oxygens (including phenoxy) is 1. The van der Waals surface area contributed by atoms with E-state index in [1.165, 1.54) is 11.1 Å². The molecule has 0 saturated heterocycles. The van der Waals surface area contributed by atoms with Crippen LogP contribution in [0.25, 0.3) is 0 Å². The van der Waals surface area contributed by atoms with Gasteiger partial charge in [0.1, 0.15) is 5.75 Å². The summed E-state index contributed by atoms with van der Waals surface area (Å²) in [5.41, 5.74) is 2.68. The van der Waals surface area contributed by atoms with Crippen LogP contribution in [0.15, 0.2) is 18.2 Å². The van der Waals surface area contributed by atoms with Gasteiger partial charge in [-0.05, 0) is 37.1 Å². The number of likely N-dealkylation sites (N-methyl/N-ethyl adjacent to an activating group) is 1. The number of rotatable bonds is 7. The van der Waals surface area contributed by atoms with Gasteiger partial charge >= 0.3 is 0 Å². The number of hydrogen-bond donors (Lipinski definition) is 1. The molecule has 0 radical (unpaired) electrons. The van der Waals surface area contributed by atoms with E-state index in [1.807, 2.05) is 0 Å². The third kappa shape index (κ3) is 4.60.